The van der Waals surface area contributed by atoms with Crippen LogP contribution in [0.5, 0.6) is 0 Å². The van der Waals surface area contributed by atoms with E-state index in [2.05, 4.69) is 31.2 Å². The van der Waals surface area contributed by atoms with Gasteiger partial charge in [-0.05, 0) is 133 Å². The van der Waals surface area contributed by atoms with Crippen LogP contribution < -0.4 is 21.3 Å². The number of carboxylic acid groups (broad SMARTS) is 2. The van der Waals surface area contributed by atoms with Crippen molar-refractivity contribution in [3.05, 3.63) is 106 Å². The normalized spacial score (nSPS) is 14.9. The summed E-state index contributed by atoms with van der Waals surface area (Å²) >= 11 is 0. The van der Waals surface area contributed by atoms with Gasteiger partial charge in [0, 0.05) is 50.1 Å². The van der Waals surface area contributed by atoms with Crippen molar-refractivity contribution in [2.24, 2.45) is 0 Å². The van der Waals surface area contributed by atoms with Crippen LogP contribution in [0.3, 0.4) is 0 Å². The van der Waals surface area contributed by atoms with E-state index in [-0.39, 0.29) is 74.2 Å². The Morgan fingerprint density at radius 2 is 1.05 bits per heavy atom. The molecule has 2 saturated carbocycles. The molecule has 2 aliphatic carbocycles. The van der Waals surface area contributed by atoms with Crippen LogP contribution in [0.1, 0.15) is 105 Å². The number of carboxylic acids is 2. The minimum absolute atomic E-state index is 0.0819. The highest BCUT2D eigenvalue weighted by Gasteiger charge is 2.30. The van der Waals surface area contributed by atoms with E-state index in [1.54, 1.807) is 24.5 Å². The molecule has 4 aromatic rings. The van der Waals surface area contributed by atoms with Gasteiger partial charge >= 0.3 is 11.9 Å². The summed E-state index contributed by atoms with van der Waals surface area (Å²) in [6.45, 7) is 3.84. The van der Waals surface area contributed by atoms with Crippen LogP contribution in [0.15, 0.2) is 60.9 Å². The molecule has 56 heavy (non-hydrogen) atoms. The quantitative estimate of drug-likeness (QED) is 0.0641. The number of rotatable bonds is 19. The number of carbonyl (C=O) groups is 4. The van der Waals surface area contributed by atoms with E-state index in [0.29, 0.717) is 11.4 Å². The minimum atomic E-state index is -1.04. The predicted octanol–water partition coefficient (Wildman–Crippen LogP) is 4.87. The number of aliphatic hydroxyl groups excluding tert-OH is 2. The fourth-order valence-corrected chi connectivity index (χ4v) is 6.94. The van der Waals surface area contributed by atoms with E-state index in [1.165, 1.54) is 0 Å². The second-order valence-electron chi connectivity index (χ2n) is 14.5. The first-order valence-corrected chi connectivity index (χ1v) is 18.9. The zero-order chi connectivity index (χ0) is 39.9. The first kappa shape index (κ1) is 40.1. The largest absolute Gasteiger partial charge is 0.480 e. The lowest BCUT2D eigenvalue weighted by molar-refractivity contribution is -0.140. The van der Waals surface area contributed by atoms with Crippen molar-refractivity contribution in [2.75, 3.05) is 23.8 Å². The predicted molar refractivity (Wildman–Crippen MR) is 210 cm³/mol. The molecule has 0 spiro atoms. The highest BCUT2D eigenvalue weighted by atomic mass is 16.4. The van der Waals surface area contributed by atoms with Gasteiger partial charge in [-0.25, -0.2) is 0 Å². The molecule has 0 bridgehead atoms. The second-order valence-corrected chi connectivity index (χ2v) is 14.5. The number of aromatic nitrogens is 2. The van der Waals surface area contributed by atoms with E-state index < -0.39 is 24.0 Å². The van der Waals surface area contributed by atoms with Gasteiger partial charge in [0.25, 0.3) is 11.8 Å². The maximum atomic E-state index is 13.6. The van der Waals surface area contributed by atoms with E-state index >= 15 is 0 Å². The average Bonchev–Trinajstić information content (AvgIpc) is 4.11. The van der Waals surface area contributed by atoms with Crippen molar-refractivity contribution < 1.29 is 39.6 Å². The third-order valence-electron chi connectivity index (χ3n) is 10.5. The second kappa shape index (κ2) is 17.9. The smallest absolute Gasteiger partial charge is 0.320 e. The molecule has 294 valence electrons. The number of aliphatic hydroxyl groups is 2. The van der Waals surface area contributed by atoms with E-state index in [1.807, 2.05) is 50.2 Å². The van der Waals surface area contributed by atoms with Gasteiger partial charge in [0.15, 0.2) is 0 Å². The number of nitrogens with zero attached hydrogens (tertiary/aromatic N) is 2. The molecule has 0 radical (unpaired) electrons. The van der Waals surface area contributed by atoms with Gasteiger partial charge in [-0.15, -0.1) is 0 Å². The van der Waals surface area contributed by atoms with Gasteiger partial charge in [0.1, 0.15) is 23.5 Å². The summed E-state index contributed by atoms with van der Waals surface area (Å²) < 4.78 is 0. The molecule has 2 aromatic carbocycles. The lowest BCUT2D eigenvalue weighted by Gasteiger charge is -2.18. The number of hydrogen-bond donors (Lipinski definition) is 8. The molecule has 2 fully saturated rings. The number of hydrogen-bond acceptors (Lipinski definition) is 10. The maximum absolute atomic E-state index is 13.6. The summed E-state index contributed by atoms with van der Waals surface area (Å²) in [5.41, 5.74) is 8.65. The van der Waals surface area contributed by atoms with Crippen LogP contribution in [0.4, 0.5) is 11.4 Å². The van der Waals surface area contributed by atoms with E-state index in [4.69, 9.17) is 0 Å². The molecular formula is C42H48N6O8. The Hall–Kier alpha value is -5.54. The van der Waals surface area contributed by atoms with E-state index in [0.717, 1.165) is 70.2 Å². The Morgan fingerprint density at radius 1 is 0.661 bits per heavy atom. The van der Waals surface area contributed by atoms with Gasteiger partial charge < -0.3 is 41.7 Å². The standard InChI is InChI=1S/C42H48N6O8/c1-23-29(5-3-7-33(23)47-39(51)37-17-31(25-9-10-25)27(21-45-37)19-43-35(13-15-49)41(53)54)30-6-4-8-34(24(30)2)48-40(52)38-18-32(26-11-12-26)28(22-46-38)20-44-36(14-16-50)42(55)56/h3-8,17-18,21-22,25-26,35-36,43-44,49-50H,9-16,19-20H2,1-2H3,(H,47,51)(H,48,52)(H,53,54)(H,55,56). The van der Waals surface area contributed by atoms with Crippen LogP contribution >= 0.6 is 0 Å². The zero-order valence-electron chi connectivity index (χ0n) is 31.5. The Balaban J connectivity index is 1.16. The fraction of sp³-hybridized carbons (Fsp3) is 0.381. The Bertz CT molecular complexity index is 1970. The van der Waals surface area contributed by atoms with Crippen LogP contribution in [-0.4, -0.2) is 79.4 Å². The topological polar surface area (TPSA) is 223 Å². The Kier molecular flexibility index (Phi) is 12.9. The molecule has 2 heterocycles. The molecule has 2 atom stereocenters. The number of pyridine rings is 2. The third kappa shape index (κ3) is 9.63. The van der Waals surface area contributed by atoms with E-state index in [9.17, 15) is 39.6 Å². The number of carbonyl (C=O) groups excluding carboxylic acids is 2. The molecule has 14 heteroatoms. The third-order valence-corrected chi connectivity index (χ3v) is 10.5. The van der Waals surface area contributed by atoms with Crippen molar-refractivity contribution in [2.45, 2.75) is 89.4 Å². The van der Waals surface area contributed by atoms with Crippen molar-refractivity contribution in [1.29, 1.82) is 0 Å². The molecule has 2 aliphatic rings. The first-order valence-electron chi connectivity index (χ1n) is 18.9. The molecule has 6 rings (SSSR count). The van der Waals surface area contributed by atoms with Gasteiger partial charge in [0.2, 0.25) is 0 Å². The lowest BCUT2D eigenvalue weighted by Crippen LogP contribution is -2.37. The van der Waals surface area contributed by atoms with Crippen LogP contribution in [0, 0.1) is 13.8 Å². The monoisotopic (exact) mass is 764 g/mol. The molecule has 2 aromatic heterocycles. The van der Waals surface area contributed by atoms with Crippen LogP contribution in [0.25, 0.3) is 11.1 Å². The summed E-state index contributed by atoms with van der Waals surface area (Å²) in [5, 5.41) is 49.4. The van der Waals surface area contributed by atoms with Crippen molar-refractivity contribution in [1.82, 2.24) is 20.6 Å². The zero-order valence-corrected chi connectivity index (χ0v) is 31.5. The van der Waals surface area contributed by atoms with Gasteiger partial charge in [-0.1, -0.05) is 24.3 Å². The minimum Gasteiger partial charge on any atom is -0.480 e. The van der Waals surface area contributed by atoms with Crippen molar-refractivity contribution in [3.8, 4) is 11.1 Å². The first-order chi connectivity index (χ1) is 27.0. The van der Waals surface area contributed by atoms with Crippen LogP contribution in [0.2, 0.25) is 0 Å². The molecule has 2 amide bonds. The molecule has 8 N–H and O–H groups in total. The van der Waals surface area contributed by atoms with Crippen LogP contribution in [-0.2, 0) is 22.7 Å². The molecule has 14 nitrogen and oxygen atoms in total. The number of nitrogens with one attached hydrogen (secondary N) is 4. The number of anilines is 2. The highest BCUT2D eigenvalue weighted by Crippen LogP contribution is 2.43. The summed E-state index contributed by atoms with van der Waals surface area (Å²) in [7, 11) is 0. The number of amides is 2. The summed E-state index contributed by atoms with van der Waals surface area (Å²) in [6.07, 6.45) is 7.29. The van der Waals surface area contributed by atoms with Crippen molar-refractivity contribution >= 4 is 35.1 Å². The van der Waals surface area contributed by atoms with Gasteiger partial charge in [-0.3, -0.25) is 29.1 Å². The average molecular weight is 765 g/mol. The molecule has 2 unspecified atom stereocenters. The van der Waals surface area contributed by atoms with Gasteiger partial charge in [-0.2, -0.15) is 0 Å². The summed E-state index contributed by atoms with van der Waals surface area (Å²) in [5.74, 6) is -2.28. The molecular weight excluding hydrogens is 716 g/mol. The SMILES string of the molecule is Cc1c(NC(=O)c2cc(C3CC3)c(CNC(CCO)C(=O)O)cn2)cccc1-c1cccc(NC(=O)c2cc(C3CC3)c(CNC(CCO)C(=O)O)cn2)c1C. The maximum Gasteiger partial charge on any atom is 0.320 e. The Labute approximate surface area is 324 Å². The Morgan fingerprint density at radius 3 is 1.39 bits per heavy atom. The fourth-order valence-electron chi connectivity index (χ4n) is 6.94. The lowest BCUT2D eigenvalue weighted by atomic mass is 9.94. The number of aliphatic carboxylic acids is 2. The summed E-state index contributed by atoms with van der Waals surface area (Å²) in [6, 6.07) is 13.0. The highest BCUT2D eigenvalue weighted by molar-refractivity contribution is 6.05. The molecule has 0 saturated heterocycles. The van der Waals surface area contributed by atoms with Gasteiger partial charge in [0.05, 0.1) is 0 Å². The molecule has 0 aliphatic heterocycles. The van der Waals surface area contributed by atoms with Crippen molar-refractivity contribution in [3.63, 3.8) is 0 Å². The number of benzene rings is 2. The summed E-state index contributed by atoms with van der Waals surface area (Å²) in [4.78, 5) is 59.1.